The molecule has 6 heteroatoms. The largest absolute Gasteiger partial charge is 0.508 e. The lowest BCUT2D eigenvalue weighted by molar-refractivity contribution is 0.465. The van der Waals surface area contributed by atoms with E-state index in [1.165, 1.54) is 0 Å². The first-order valence-electron chi connectivity index (χ1n) is 6.62. The second-order valence-corrected chi connectivity index (χ2v) is 4.74. The highest BCUT2D eigenvalue weighted by Gasteiger charge is 2.10. The Labute approximate surface area is 121 Å². The number of benzene rings is 2. The second-order valence-electron chi connectivity index (χ2n) is 4.74. The summed E-state index contributed by atoms with van der Waals surface area (Å²) in [5, 5.41) is 27.2. The van der Waals surface area contributed by atoms with Crippen molar-refractivity contribution in [1.29, 1.82) is 0 Å². The molecule has 1 heterocycles. The summed E-state index contributed by atoms with van der Waals surface area (Å²) >= 11 is 0. The van der Waals surface area contributed by atoms with Gasteiger partial charge < -0.3 is 10.4 Å². The molecule has 0 aliphatic carbocycles. The number of tetrazole rings is 1. The van der Waals surface area contributed by atoms with Gasteiger partial charge in [-0.15, -0.1) is 10.2 Å². The van der Waals surface area contributed by atoms with Gasteiger partial charge >= 0.3 is 0 Å². The molecule has 1 atom stereocenters. The first-order chi connectivity index (χ1) is 10.2. The van der Waals surface area contributed by atoms with Crippen molar-refractivity contribution < 1.29 is 5.11 Å². The van der Waals surface area contributed by atoms with E-state index < -0.39 is 0 Å². The summed E-state index contributed by atoms with van der Waals surface area (Å²) in [6, 6.07) is 15.0. The maximum Gasteiger partial charge on any atom is 0.204 e. The summed E-state index contributed by atoms with van der Waals surface area (Å²) < 4.78 is 0. The van der Waals surface area contributed by atoms with Crippen molar-refractivity contribution >= 4 is 5.69 Å². The molecule has 6 nitrogen and oxygen atoms in total. The molecule has 0 saturated carbocycles. The van der Waals surface area contributed by atoms with Crippen molar-refractivity contribution in [3.63, 3.8) is 0 Å². The van der Waals surface area contributed by atoms with Gasteiger partial charge in [0.15, 0.2) is 0 Å². The van der Waals surface area contributed by atoms with Crippen LogP contribution in [0, 0.1) is 0 Å². The van der Waals surface area contributed by atoms with Crippen LogP contribution in [0.4, 0.5) is 5.69 Å². The molecule has 21 heavy (non-hydrogen) atoms. The average molecular weight is 281 g/mol. The Morgan fingerprint density at radius 3 is 2.76 bits per heavy atom. The number of hydrogen-bond acceptors (Lipinski definition) is 5. The minimum Gasteiger partial charge on any atom is -0.508 e. The van der Waals surface area contributed by atoms with Crippen LogP contribution in [0.5, 0.6) is 5.75 Å². The molecule has 0 aliphatic rings. The maximum absolute atomic E-state index is 9.89. The van der Waals surface area contributed by atoms with Crippen molar-refractivity contribution in [3.8, 4) is 17.1 Å². The standard InChI is InChI=1S/C15H15N5O/c1-10(13-7-2-3-8-14(13)21)16-12-6-4-5-11(9-12)15-17-19-20-18-15/h2-10,16,21H,1H3,(H,17,18,19,20). The molecular formula is C15H15N5O. The molecule has 0 amide bonds. The third-order valence-electron chi connectivity index (χ3n) is 3.25. The Hall–Kier alpha value is -2.89. The number of phenols is 1. The molecule has 106 valence electrons. The van der Waals surface area contributed by atoms with E-state index in [4.69, 9.17) is 0 Å². The Balaban J connectivity index is 1.82. The van der Waals surface area contributed by atoms with Crippen LogP contribution >= 0.6 is 0 Å². The number of anilines is 1. The lowest BCUT2D eigenvalue weighted by Crippen LogP contribution is -2.06. The van der Waals surface area contributed by atoms with E-state index in [2.05, 4.69) is 25.9 Å². The average Bonchev–Trinajstić information content (AvgIpc) is 3.02. The Morgan fingerprint density at radius 2 is 2.00 bits per heavy atom. The topological polar surface area (TPSA) is 86.7 Å². The number of aromatic hydroxyl groups is 1. The van der Waals surface area contributed by atoms with Gasteiger partial charge in [0.1, 0.15) is 5.75 Å². The Bertz CT molecular complexity index is 726. The van der Waals surface area contributed by atoms with Crippen molar-refractivity contribution in [1.82, 2.24) is 20.6 Å². The number of H-pyrrole nitrogens is 1. The number of aromatic amines is 1. The summed E-state index contributed by atoms with van der Waals surface area (Å²) in [6.07, 6.45) is 0. The smallest absolute Gasteiger partial charge is 0.204 e. The highest BCUT2D eigenvalue weighted by atomic mass is 16.3. The number of rotatable bonds is 4. The van der Waals surface area contributed by atoms with E-state index in [0.717, 1.165) is 16.8 Å². The van der Waals surface area contributed by atoms with Gasteiger partial charge in [-0.3, -0.25) is 0 Å². The monoisotopic (exact) mass is 281 g/mol. The summed E-state index contributed by atoms with van der Waals surface area (Å²) in [7, 11) is 0. The molecule has 3 aromatic rings. The molecule has 1 unspecified atom stereocenters. The van der Waals surface area contributed by atoms with Gasteiger partial charge in [0.2, 0.25) is 5.82 Å². The quantitative estimate of drug-likeness (QED) is 0.684. The van der Waals surface area contributed by atoms with Crippen LogP contribution in [-0.4, -0.2) is 25.7 Å². The number of nitrogens with zero attached hydrogens (tertiary/aromatic N) is 3. The van der Waals surface area contributed by atoms with Crippen LogP contribution in [-0.2, 0) is 0 Å². The van der Waals surface area contributed by atoms with E-state index in [-0.39, 0.29) is 11.8 Å². The minimum absolute atomic E-state index is 0.0216. The van der Waals surface area contributed by atoms with Crippen molar-refractivity contribution in [2.45, 2.75) is 13.0 Å². The fourth-order valence-corrected chi connectivity index (χ4v) is 2.21. The Kier molecular flexibility index (Phi) is 3.51. The van der Waals surface area contributed by atoms with Crippen molar-refractivity contribution in [3.05, 3.63) is 54.1 Å². The molecule has 1 aromatic heterocycles. The number of phenolic OH excluding ortho intramolecular Hbond substituents is 1. The zero-order valence-electron chi connectivity index (χ0n) is 11.5. The fraction of sp³-hybridized carbons (Fsp3) is 0.133. The first kappa shape index (κ1) is 13.1. The fourth-order valence-electron chi connectivity index (χ4n) is 2.21. The molecule has 0 spiro atoms. The predicted octanol–water partition coefficient (Wildman–Crippen LogP) is 2.75. The summed E-state index contributed by atoms with van der Waals surface area (Å²) in [5.41, 5.74) is 2.65. The van der Waals surface area contributed by atoms with Gasteiger partial charge in [-0.25, -0.2) is 0 Å². The van der Waals surface area contributed by atoms with Crippen molar-refractivity contribution in [2.75, 3.05) is 5.32 Å². The summed E-state index contributed by atoms with van der Waals surface area (Å²) in [5.74, 6) is 0.834. The minimum atomic E-state index is -0.0216. The van der Waals surface area contributed by atoms with E-state index in [0.29, 0.717) is 5.82 Å². The number of hydrogen-bond donors (Lipinski definition) is 3. The van der Waals surface area contributed by atoms with Crippen LogP contribution in [0.25, 0.3) is 11.4 Å². The second kappa shape index (κ2) is 5.62. The van der Waals surface area contributed by atoms with Crippen LogP contribution in [0.1, 0.15) is 18.5 Å². The SMILES string of the molecule is CC(Nc1cccc(-c2nn[nH]n2)c1)c1ccccc1O. The van der Waals surface area contributed by atoms with Crippen molar-refractivity contribution in [2.24, 2.45) is 0 Å². The van der Waals surface area contributed by atoms with E-state index in [1.54, 1.807) is 6.07 Å². The van der Waals surface area contributed by atoms with Gasteiger partial charge in [-0.2, -0.15) is 5.21 Å². The zero-order valence-corrected chi connectivity index (χ0v) is 11.5. The molecule has 3 N–H and O–H groups in total. The number of nitrogens with one attached hydrogen (secondary N) is 2. The zero-order chi connectivity index (χ0) is 14.7. The number of aromatic nitrogens is 4. The normalized spacial score (nSPS) is 12.0. The first-order valence-corrected chi connectivity index (χ1v) is 6.62. The van der Waals surface area contributed by atoms with Gasteiger partial charge in [0.05, 0.1) is 6.04 Å². The highest BCUT2D eigenvalue weighted by molar-refractivity contribution is 5.62. The molecule has 0 aliphatic heterocycles. The van der Waals surface area contributed by atoms with Crippen LogP contribution in [0.3, 0.4) is 0 Å². The molecule has 0 saturated heterocycles. The number of para-hydroxylation sites is 1. The predicted molar refractivity (Wildman–Crippen MR) is 79.8 cm³/mol. The summed E-state index contributed by atoms with van der Waals surface area (Å²) in [6.45, 7) is 2.00. The van der Waals surface area contributed by atoms with Gasteiger partial charge in [-0.1, -0.05) is 30.3 Å². The molecule has 0 bridgehead atoms. The van der Waals surface area contributed by atoms with E-state index in [9.17, 15) is 5.11 Å². The third kappa shape index (κ3) is 2.84. The maximum atomic E-state index is 9.89. The van der Waals surface area contributed by atoms with Crippen LogP contribution in [0.15, 0.2) is 48.5 Å². The molecule has 2 aromatic carbocycles. The van der Waals surface area contributed by atoms with Crippen LogP contribution < -0.4 is 5.32 Å². The van der Waals surface area contributed by atoms with E-state index >= 15 is 0 Å². The highest BCUT2D eigenvalue weighted by Crippen LogP contribution is 2.27. The molecule has 3 rings (SSSR count). The Morgan fingerprint density at radius 1 is 1.14 bits per heavy atom. The van der Waals surface area contributed by atoms with Gasteiger partial charge in [0.25, 0.3) is 0 Å². The van der Waals surface area contributed by atoms with Gasteiger partial charge in [-0.05, 0) is 30.3 Å². The lowest BCUT2D eigenvalue weighted by Gasteiger charge is -2.17. The van der Waals surface area contributed by atoms with E-state index in [1.807, 2.05) is 49.4 Å². The lowest BCUT2D eigenvalue weighted by atomic mass is 10.1. The third-order valence-corrected chi connectivity index (χ3v) is 3.25. The molecule has 0 radical (unpaired) electrons. The van der Waals surface area contributed by atoms with Gasteiger partial charge in [0, 0.05) is 16.8 Å². The molecule has 0 fully saturated rings. The van der Waals surface area contributed by atoms with Crippen LogP contribution in [0.2, 0.25) is 0 Å². The molecular weight excluding hydrogens is 266 g/mol. The summed E-state index contributed by atoms with van der Waals surface area (Å²) in [4.78, 5) is 0.